The molecule has 2 aliphatic rings. The van der Waals surface area contributed by atoms with E-state index in [0.29, 0.717) is 48.6 Å². The van der Waals surface area contributed by atoms with Crippen LogP contribution in [-0.4, -0.2) is 63.6 Å². The van der Waals surface area contributed by atoms with Crippen LogP contribution in [0.25, 0.3) is 12.2 Å². The third-order valence-corrected chi connectivity index (χ3v) is 8.97. The molecule has 244 valence electrons. The number of amides is 4. The van der Waals surface area contributed by atoms with Gasteiger partial charge in [-0.1, -0.05) is 67.6 Å². The predicted molar refractivity (Wildman–Crippen MR) is 187 cm³/mol. The van der Waals surface area contributed by atoms with Gasteiger partial charge in [-0.2, -0.15) is 0 Å². The molecule has 3 heterocycles. The minimum atomic E-state index is -0.533. The van der Waals surface area contributed by atoms with E-state index in [4.69, 9.17) is 0 Å². The summed E-state index contributed by atoms with van der Waals surface area (Å²) in [6.07, 6.45) is 9.09. The van der Waals surface area contributed by atoms with Gasteiger partial charge in [0.25, 0.3) is 11.8 Å². The molecular weight excluding hydrogens is 602 g/mol. The fourth-order valence-corrected chi connectivity index (χ4v) is 6.39. The summed E-state index contributed by atoms with van der Waals surface area (Å²) < 4.78 is 0. The molecule has 2 N–H and O–H groups in total. The van der Waals surface area contributed by atoms with Crippen LogP contribution < -0.4 is 10.6 Å². The number of benzene rings is 3. The van der Waals surface area contributed by atoms with Crippen LogP contribution in [0.3, 0.4) is 0 Å². The summed E-state index contributed by atoms with van der Waals surface area (Å²) in [5, 5.41) is 5.94. The molecule has 0 radical (unpaired) electrons. The third-order valence-electron chi connectivity index (χ3n) is 8.97. The van der Waals surface area contributed by atoms with Crippen LogP contribution in [0.2, 0.25) is 0 Å². The Morgan fingerprint density at radius 3 is 1.73 bits per heavy atom. The van der Waals surface area contributed by atoms with Crippen LogP contribution in [0.1, 0.15) is 70.1 Å². The zero-order valence-corrected chi connectivity index (χ0v) is 27.0. The number of hydrogen-bond donors (Lipinski definition) is 2. The molecule has 2 fully saturated rings. The highest BCUT2D eigenvalue weighted by atomic mass is 16.2. The Hall–Kier alpha value is -5.57. The maximum atomic E-state index is 13.3. The van der Waals surface area contributed by atoms with Gasteiger partial charge in [0, 0.05) is 36.2 Å². The molecule has 4 amide bonds. The first-order chi connectivity index (χ1) is 23.4. The zero-order chi connectivity index (χ0) is 33.5. The smallest absolute Gasteiger partial charge is 0.273 e. The zero-order valence-electron chi connectivity index (χ0n) is 27.0. The second kappa shape index (κ2) is 14.9. The molecule has 2 atom stereocenters. The van der Waals surface area contributed by atoms with Crippen LogP contribution in [-0.2, 0) is 16.0 Å². The fourth-order valence-electron chi connectivity index (χ4n) is 6.39. The van der Waals surface area contributed by atoms with Crippen LogP contribution in [0.5, 0.6) is 0 Å². The lowest BCUT2D eigenvalue weighted by Gasteiger charge is -2.25. The number of likely N-dealkylation sites (tertiary alicyclic amines) is 2. The SMILES string of the molecule is CCc1ccccc1C(=O)N1CCC[C@H]1C(=O)Nc1ccc(/C=C/c2ccc(NC(=O)[C@@H]3CCCN3C(=O)c3ccccn3)cc2)cc1. The number of aromatic nitrogens is 1. The third kappa shape index (κ3) is 7.36. The van der Waals surface area contributed by atoms with Gasteiger partial charge in [-0.3, -0.25) is 24.2 Å². The Labute approximate surface area is 280 Å². The van der Waals surface area contributed by atoms with Crippen molar-refractivity contribution in [3.8, 4) is 0 Å². The molecule has 0 bridgehead atoms. The van der Waals surface area contributed by atoms with E-state index in [1.165, 1.54) is 0 Å². The number of carbonyl (C=O) groups is 4. The van der Waals surface area contributed by atoms with Gasteiger partial charge in [0.05, 0.1) is 0 Å². The van der Waals surface area contributed by atoms with E-state index in [-0.39, 0.29) is 23.6 Å². The molecule has 0 unspecified atom stereocenters. The molecule has 0 aliphatic carbocycles. The normalized spacial score (nSPS) is 17.4. The number of nitrogens with zero attached hydrogens (tertiary/aromatic N) is 3. The lowest BCUT2D eigenvalue weighted by molar-refractivity contribution is -0.120. The molecule has 9 heteroatoms. The van der Waals surface area contributed by atoms with Crippen molar-refractivity contribution in [3.63, 3.8) is 0 Å². The average Bonchev–Trinajstić information content (AvgIpc) is 3.83. The summed E-state index contributed by atoms with van der Waals surface area (Å²) in [6, 6.07) is 26.8. The molecule has 4 aromatic rings. The van der Waals surface area contributed by atoms with Crippen molar-refractivity contribution in [2.45, 2.75) is 51.1 Å². The van der Waals surface area contributed by atoms with E-state index in [0.717, 1.165) is 36.0 Å². The standard InChI is InChI=1S/C39H39N5O4/c1-2-29-9-3-4-10-32(29)38(47)43-25-7-12-34(43)36(45)41-30-20-16-27(17-21-30)14-15-28-18-22-31(23-19-28)42-37(46)35-13-8-26-44(35)39(48)33-11-5-6-24-40-33/h3-6,9-11,14-24,34-35H,2,7-8,12-13,25-26H2,1H3,(H,41,45)(H,42,46)/b15-14+/t34-,35-/m0/s1. The number of nitrogens with one attached hydrogen (secondary N) is 2. The van der Waals surface area contributed by atoms with E-state index in [1.54, 1.807) is 34.2 Å². The molecule has 6 rings (SSSR count). The number of anilines is 2. The maximum absolute atomic E-state index is 13.3. The van der Waals surface area contributed by atoms with Crippen LogP contribution >= 0.6 is 0 Å². The molecule has 9 nitrogen and oxygen atoms in total. The van der Waals surface area contributed by atoms with Gasteiger partial charge < -0.3 is 20.4 Å². The maximum Gasteiger partial charge on any atom is 0.273 e. The Morgan fingerprint density at radius 2 is 1.21 bits per heavy atom. The minimum absolute atomic E-state index is 0.0884. The van der Waals surface area contributed by atoms with Gasteiger partial charge in [-0.25, -0.2) is 0 Å². The number of rotatable bonds is 9. The number of hydrogen-bond acceptors (Lipinski definition) is 5. The Balaban J connectivity index is 1.02. The Morgan fingerprint density at radius 1 is 0.688 bits per heavy atom. The molecule has 1 aromatic heterocycles. The van der Waals surface area contributed by atoms with Gasteiger partial charge in [0.1, 0.15) is 17.8 Å². The number of aryl methyl sites for hydroxylation is 1. The highest BCUT2D eigenvalue weighted by Gasteiger charge is 2.36. The van der Waals surface area contributed by atoms with Gasteiger partial charge in [0.15, 0.2) is 0 Å². The Kier molecular flexibility index (Phi) is 10.0. The molecular formula is C39H39N5O4. The van der Waals surface area contributed by atoms with Crippen LogP contribution in [0.15, 0.2) is 97.2 Å². The van der Waals surface area contributed by atoms with Crippen molar-refractivity contribution in [1.82, 2.24) is 14.8 Å². The summed E-state index contributed by atoms with van der Waals surface area (Å²) >= 11 is 0. The second-order valence-corrected chi connectivity index (χ2v) is 12.1. The van der Waals surface area contributed by atoms with E-state index in [2.05, 4.69) is 15.6 Å². The van der Waals surface area contributed by atoms with Crippen molar-refractivity contribution in [1.29, 1.82) is 0 Å². The summed E-state index contributed by atoms with van der Waals surface area (Å²) in [4.78, 5) is 60.0. The van der Waals surface area contributed by atoms with E-state index in [9.17, 15) is 19.2 Å². The molecule has 3 aromatic carbocycles. The summed E-state index contributed by atoms with van der Waals surface area (Å²) in [5.74, 6) is -0.702. The fraction of sp³-hybridized carbons (Fsp3) is 0.256. The highest BCUT2D eigenvalue weighted by molar-refractivity contribution is 6.02. The van der Waals surface area contributed by atoms with Crippen molar-refractivity contribution in [2.24, 2.45) is 0 Å². The monoisotopic (exact) mass is 641 g/mol. The van der Waals surface area contributed by atoms with Crippen molar-refractivity contribution >= 4 is 47.2 Å². The van der Waals surface area contributed by atoms with Gasteiger partial charge in [-0.05, 0) is 91.3 Å². The number of pyridine rings is 1. The molecule has 0 spiro atoms. The van der Waals surface area contributed by atoms with Crippen LogP contribution in [0, 0.1) is 0 Å². The second-order valence-electron chi connectivity index (χ2n) is 12.1. The average molecular weight is 642 g/mol. The molecule has 48 heavy (non-hydrogen) atoms. The first kappa shape index (κ1) is 32.4. The van der Waals surface area contributed by atoms with E-state index < -0.39 is 12.1 Å². The summed E-state index contributed by atoms with van der Waals surface area (Å²) in [5.41, 5.74) is 5.24. The predicted octanol–water partition coefficient (Wildman–Crippen LogP) is 6.30. The first-order valence-corrected chi connectivity index (χ1v) is 16.5. The summed E-state index contributed by atoms with van der Waals surface area (Å²) in [6.45, 7) is 3.12. The van der Waals surface area contributed by atoms with Crippen molar-refractivity contribution in [2.75, 3.05) is 23.7 Å². The van der Waals surface area contributed by atoms with Crippen LogP contribution in [0.4, 0.5) is 11.4 Å². The first-order valence-electron chi connectivity index (χ1n) is 16.5. The molecule has 0 saturated carbocycles. The van der Waals surface area contributed by atoms with Gasteiger partial charge in [0.2, 0.25) is 11.8 Å². The summed E-state index contributed by atoms with van der Waals surface area (Å²) in [7, 11) is 0. The largest absolute Gasteiger partial charge is 0.327 e. The Bertz CT molecular complexity index is 1800. The quantitative estimate of drug-likeness (QED) is 0.208. The number of carbonyl (C=O) groups excluding carboxylic acids is 4. The highest BCUT2D eigenvalue weighted by Crippen LogP contribution is 2.25. The topological polar surface area (TPSA) is 112 Å². The van der Waals surface area contributed by atoms with Crippen molar-refractivity contribution < 1.29 is 19.2 Å². The van der Waals surface area contributed by atoms with E-state index >= 15 is 0 Å². The molecule has 2 saturated heterocycles. The molecule has 2 aliphatic heterocycles. The minimum Gasteiger partial charge on any atom is -0.327 e. The lowest BCUT2D eigenvalue weighted by atomic mass is 10.0. The lowest BCUT2D eigenvalue weighted by Crippen LogP contribution is -2.43. The van der Waals surface area contributed by atoms with Gasteiger partial charge >= 0.3 is 0 Å². The van der Waals surface area contributed by atoms with Gasteiger partial charge in [-0.15, -0.1) is 0 Å². The van der Waals surface area contributed by atoms with E-state index in [1.807, 2.05) is 91.9 Å². The van der Waals surface area contributed by atoms with Crippen molar-refractivity contribution in [3.05, 3.63) is 125 Å².